The summed E-state index contributed by atoms with van der Waals surface area (Å²) in [6, 6.07) is 12.3. The standard InChI is InChI=1S/C36H50O2/c1-25(2)11-7-13-27(5)15-9-17-29-19-21-31-33(23-29)35(37)32-22-20-30(24-34(32)36(31)38)18-10-16-28(6)14-8-12-26(3)4/h11,15,19-24,26,28,37-38H,7-10,12-14,16-18H2,1-6H3. The first-order valence-electron chi connectivity index (χ1n) is 14.8. The Balaban J connectivity index is 1.67. The van der Waals surface area contributed by atoms with E-state index in [1.807, 2.05) is 18.2 Å². The van der Waals surface area contributed by atoms with Gasteiger partial charge in [-0.1, -0.05) is 94.0 Å². The molecule has 2 nitrogen and oxygen atoms in total. The summed E-state index contributed by atoms with van der Waals surface area (Å²) >= 11 is 0. The second-order valence-corrected chi connectivity index (χ2v) is 12.2. The van der Waals surface area contributed by atoms with Crippen molar-refractivity contribution in [2.45, 2.75) is 106 Å². The van der Waals surface area contributed by atoms with Crippen LogP contribution in [-0.4, -0.2) is 10.2 Å². The fourth-order valence-electron chi connectivity index (χ4n) is 5.44. The van der Waals surface area contributed by atoms with Gasteiger partial charge < -0.3 is 10.2 Å². The van der Waals surface area contributed by atoms with Gasteiger partial charge in [-0.15, -0.1) is 0 Å². The van der Waals surface area contributed by atoms with Crippen LogP contribution >= 0.6 is 0 Å². The average Bonchev–Trinajstić information content (AvgIpc) is 2.86. The average molecular weight is 515 g/mol. The fraction of sp³-hybridized carbons (Fsp3) is 0.500. The summed E-state index contributed by atoms with van der Waals surface area (Å²) in [5.41, 5.74) is 5.20. The molecule has 38 heavy (non-hydrogen) atoms. The SMILES string of the molecule is CC(C)=CCCC(C)=CCCc1ccc2c(O)c3cc(CCCC(C)CCCC(C)C)ccc3c(O)c2c1. The number of phenols is 2. The van der Waals surface area contributed by atoms with E-state index in [1.54, 1.807) is 0 Å². The lowest BCUT2D eigenvalue weighted by Crippen LogP contribution is -1.98. The fourth-order valence-corrected chi connectivity index (χ4v) is 5.44. The summed E-state index contributed by atoms with van der Waals surface area (Å²) in [6.45, 7) is 13.5. The van der Waals surface area contributed by atoms with Crippen LogP contribution in [-0.2, 0) is 12.8 Å². The Hall–Kier alpha value is -2.74. The summed E-state index contributed by atoms with van der Waals surface area (Å²) < 4.78 is 0. The van der Waals surface area contributed by atoms with Crippen LogP contribution in [0, 0.1) is 11.8 Å². The van der Waals surface area contributed by atoms with E-state index < -0.39 is 0 Å². The Bertz CT molecular complexity index is 1260. The highest BCUT2D eigenvalue weighted by Gasteiger charge is 2.14. The van der Waals surface area contributed by atoms with Crippen molar-refractivity contribution in [1.82, 2.24) is 0 Å². The minimum Gasteiger partial charge on any atom is -0.507 e. The van der Waals surface area contributed by atoms with Gasteiger partial charge in [0.25, 0.3) is 0 Å². The first kappa shape index (κ1) is 29.8. The number of aromatic hydroxyl groups is 2. The number of fused-ring (bicyclic) bond motifs is 2. The Morgan fingerprint density at radius 3 is 1.84 bits per heavy atom. The summed E-state index contributed by atoms with van der Waals surface area (Å²) in [4.78, 5) is 0. The maximum absolute atomic E-state index is 11.2. The molecule has 3 aromatic rings. The number of rotatable bonds is 14. The highest BCUT2D eigenvalue weighted by Crippen LogP contribution is 2.42. The molecule has 1 atom stereocenters. The lowest BCUT2D eigenvalue weighted by molar-refractivity contribution is 0.427. The van der Waals surface area contributed by atoms with Crippen molar-refractivity contribution in [2.75, 3.05) is 0 Å². The molecule has 0 spiro atoms. The van der Waals surface area contributed by atoms with Crippen LogP contribution in [0.5, 0.6) is 11.5 Å². The first-order valence-corrected chi connectivity index (χ1v) is 14.8. The maximum Gasteiger partial charge on any atom is 0.131 e. The van der Waals surface area contributed by atoms with Crippen LogP contribution in [0.25, 0.3) is 21.5 Å². The molecule has 2 heteroatoms. The summed E-state index contributed by atoms with van der Waals surface area (Å²) in [5.74, 6) is 2.10. The number of allylic oxidation sites excluding steroid dienone is 4. The smallest absolute Gasteiger partial charge is 0.131 e. The van der Waals surface area contributed by atoms with Gasteiger partial charge in [-0.25, -0.2) is 0 Å². The first-order chi connectivity index (χ1) is 18.2. The highest BCUT2D eigenvalue weighted by atomic mass is 16.3. The molecule has 0 bridgehead atoms. The van der Waals surface area contributed by atoms with Crippen molar-refractivity contribution in [3.63, 3.8) is 0 Å². The molecule has 3 aromatic carbocycles. The van der Waals surface area contributed by atoms with Crippen LogP contribution in [0.3, 0.4) is 0 Å². The molecule has 0 aliphatic carbocycles. The molecule has 2 N–H and O–H groups in total. The monoisotopic (exact) mass is 514 g/mol. The van der Waals surface area contributed by atoms with Crippen LogP contribution in [0.2, 0.25) is 0 Å². The van der Waals surface area contributed by atoms with E-state index in [2.05, 4.69) is 71.9 Å². The topological polar surface area (TPSA) is 40.5 Å². The van der Waals surface area contributed by atoms with E-state index in [0.717, 1.165) is 71.9 Å². The van der Waals surface area contributed by atoms with Crippen molar-refractivity contribution in [2.24, 2.45) is 11.8 Å². The van der Waals surface area contributed by atoms with Gasteiger partial charge in [0.2, 0.25) is 0 Å². The van der Waals surface area contributed by atoms with E-state index in [-0.39, 0.29) is 11.5 Å². The molecule has 0 saturated heterocycles. The Morgan fingerprint density at radius 2 is 1.26 bits per heavy atom. The molecule has 0 radical (unpaired) electrons. The summed E-state index contributed by atoms with van der Waals surface area (Å²) in [6.07, 6.45) is 16.1. The third-order valence-electron chi connectivity index (χ3n) is 7.85. The van der Waals surface area contributed by atoms with E-state index in [9.17, 15) is 10.2 Å². The van der Waals surface area contributed by atoms with Crippen molar-refractivity contribution >= 4 is 21.5 Å². The number of benzene rings is 3. The zero-order chi connectivity index (χ0) is 27.7. The predicted molar refractivity (Wildman–Crippen MR) is 166 cm³/mol. The molecule has 0 amide bonds. The van der Waals surface area contributed by atoms with E-state index >= 15 is 0 Å². The van der Waals surface area contributed by atoms with Crippen LogP contribution in [0.1, 0.15) is 104 Å². The highest BCUT2D eigenvalue weighted by molar-refractivity contribution is 6.10. The molecule has 0 aliphatic rings. The van der Waals surface area contributed by atoms with Crippen molar-refractivity contribution in [3.05, 3.63) is 70.8 Å². The minimum absolute atomic E-state index is 0.272. The van der Waals surface area contributed by atoms with Gasteiger partial charge in [-0.2, -0.15) is 0 Å². The Kier molecular flexibility index (Phi) is 11.3. The molecule has 3 rings (SSSR count). The van der Waals surface area contributed by atoms with Crippen molar-refractivity contribution in [1.29, 1.82) is 0 Å². The molecule has 0 aromatic heterocycles. The van der Waals surface area contributed by atoms with Gasteiger partial charge in [-0.05, 0) is 94.4 Å². The second-order valence-electron chi connectivity index (χ2n) is 12.2. The molecule has 0 heterocycles. The maximum atomic E-state index is 11.2. The molecular weight excluding hydrogens is 464 g/mol. The van der Waals surface area contributed by atoms with E-state index in [0.29, 0.717) is 0 Å². The quantitative estimate of drug-likeness (QED) is 0.128. The van der Waals surface area contributed by atoms with Crippen molar-refractivity contribution < 1.29 is 10.2 Å². The van der Waals surface area contributed by atoms with Gasteiger partial charge >= 0.3 is 0 Å². The lowest BCUT2D eigenvalue weighted by Gasteiger charge is -2.14. The van der Waals surface area contributed by atoms with E-state index in [1.165, 1.54) is 48.0 Å². The third kappa shape index (κ3) is 8.65. The number of aryl methyl sites for hydroxylation is 2. The third-order valence-corrected chi connectivity index (χ3v) is 7.85. The Labute approximate surface area is 231 Å². The number of hydrogen-bond donors (Lipinski definition) is 2. The molecule has 0 saturated carbocycles. The van der Waals surface area contributed by atoms with Gasteiger partial charge in [0.15, 0.2) is 0 Å². The Morgan fingerprint density at radius 1 is 0.684 bits per heavy atom. The molecular formula is C36H50O2. The molecule has 1 unspecified atom stereocenters. The molecule has 206 valence electrons. The summed E-state index contributed by atoms with van der Waals surface area (Å²) in [7, 11) is 0. The zero-order valence-electron chi connectivity index (χ0n) is 24.7. The predicted octanol–water partition coefficient (Wildman–Crippen LogP) is 10.8. The molecule has 0 fully saturated rings. The normalized spacial score (nSPS) is 13.0. The van der Waals surface area contributed by atoms with E-state index in [4.69, 9.17) is 0 Å². The molecule has 0 aliphatic heterocycles. The largest absolute Gasteiger partial charge is 0.507 e. The van der Waals surface area contributed by atoms with Gasteiger partial charge in [-0.3, -0.25) is 0 Å². The van der Waals surface area contributed by atoms with Crippen LogP contribution in [0.4, 0.5) is 0 Å². The van der Waals surface area contributed by atoms with Crippen LogP contribution < -0.4 is 0 Å². The van der Waals surface area contributed by atoms with Gasteiger partial charge in [0.05, 0.1) is 0 Å². The lowest BCUT2D eigenvalue weighted by atomic mass is 9.93. The van der Waals surface area contributed by atoms with Crippen molar-refractivity contribution in [3.8, 4) is 11.5 Å². The number of phenolic OH excluding ortho intramolecular Hbond substituents is 2. The zero-order valence-corrected chi connectivity index (χ0v) is 24.7. The second kappa shape index (κ2) is 14.4. The van der Waals surface area contributed by atoms with Crippen LogP contribution in [0.15, 0.2) is 59.7 Å². The number of hydrogen-bond acceptors (Lipinski definition) is 2. The van der Waals surface area contributed by atoms with Gasteiger partial charge in [0.1, 0.15) is 11.5 Å². The minimum atomic E-state index is 0.272. The summed E-state index contributed by atoms with van der Waals surface area (Å²) in [5, 5.41) is 25.2. The van der Waals surface area contributed by atoms with Gasteiger partial charge in [0, 0.05) is 21.5 Å².